The Kier molecular flexibility index (Phi) is 10.0. The van der Waals surface area contributed by atoms with Crippen molar-refractivity contribution >= 4 is 30.0 Å². The minimum Gasteiger partial charge on any atom is -0.381 e. The van der Waals surface area contributed by atoms with Crippen molar-refractivity contribution in [1.29, 1.82) is 0 Å². The van der Waals surface area contributed by atoms with Gasteiger partial charge in [-0.25, -0.2) is 4.99 Å². The quantitative estimate of drug-likeness (QED) is 0.167. The van der Waals surface area contributed by atoms with Gasteiger partial charge in [0.25, 0.3) is 0 Å². The van der Waals surface area contributed by atoms with Crippen molar-refractivity contribution in [1.82, 2.24) is 15.1 Å². The maximum Gasteiger partial charge on any atom is 0.215 e. The second kappa shape index (κ2) is 11.7. The molecule has 0 spiro atoms. The van der Waals surface area contributed by atoms with E-state index in [0.29, 0.717) is 35.5 Å². The smallest absolute Gasteiger partial charge is 0.215 e. The van der Waals surface area contributed by atoms with Crippen LogP contribution in [0.1, 0.15) is 26.7 Å². The standard InChI is InChI=1S/C19H30N4O2S/c1-6-18(16(3)19(26)20-10-7-15(2)22(4)5)21-13-23(14-24)17-8-11-25-12-9-17/h6-7,10,13-15,17H,3,8-9,11-12H2,1-2,4-5H3,(H,20,26)/b10-7-,18-6-,21-13?. The highest BCUT2D eigenvalue weighted by Gasteiger charge is 2.19. The van der Waals surface area contributed by atoms with Crippen molar-refractivity contribution in [3.63, 3.8) is 0 Å². The van der Waals surface area contributed by atoms with Gasteiger partial charge in [-0.3, -0.25) is 4.79 Å². The molecule has 1 aliphatic rings. The number of thiocarbonyl (C=S) groups is 1. The van der Waals surface area contributed by atoms with Crippen LogP contribution in [0, 0.1) is 0 Å². The highest BCUT2D eigenvalue weighted by molar-refractivity contribution is 7.80. The fourth-order valence-corrected chi connectivity index (χ4v) is 2.46. The molecule has 1 heterocycles. The molecular formula is C19H30N4O2S. The van der Waals surface area contributed by atoms with Crippen LogP contribution < -0.4 is 5.32 Å². The van der Waals surface area contributed by atoms with Gasteiger partial charge in [-0.2, -0.15) is 0 Å². The number of carbonyl (C=O) groups excluding carboxylic acids is 1. The maximum absolute atomic E-state index is 11.4. The van der Waals surface area contributed by atoms with Crippen molar-refractivity contribution in [2.75, 3.05) is 27.3 Å². The van der Waals surface area contributed by atoms with E-state index in [1.54, 1.807) is 11.2 Å². The first-order valence-electron chi connectivity index (χ1n) is 8.74. The Morgan fingerprint density at radius 2 is 2.04 bits per heavy atom. The molecule has 0 aromatic carbocycles. The van der Waals surface area contributed by atoms with Gasteiger partial charge in [0.2, 0.25) is 6.41 Å². The van der Waals surface area contributed by atoms with Crippen molar-refractivity contribution < 1.29 is 9.53 Å². The van der Waals surface area contributed by atoms with Crippen molar-refractivity contribution in [3.8, 4) is 0 Å². The molecule has 7 heteroatoms. The van der Waals surface area contributed by atoms with E-state index in [1.165, 1.54) is 0 Å². The van der Waals surface area contributed by atoms with Gasteiger partial charge in [-0.15, -0.1) is 0 Å². The minimum absolute atomic E-state index is 0.122. The van der Waals surface area contributed by atoms with Crippen LogP contribution in [0.2, 0.25) is 0 Å². The van der Waals surface area contributed by atoms with Crippen LogP contribution >= 0.6 is 12.2 Å². The second-order valence-corrected chi connectivity index (χ2v) is 6.74. The van der Waals surface area contributed by atoms with Crippen LogP contribution in [-0.4, -0.2) is 66.9 Å². The number of amides is 1. The molecule has 1 unspecified atom stereocenters. The zero-order valence-corrected chi connectivity index (χ0v) is 17.0. The highest BCUT2D eigenvalue weighted by Crippen LogP contribution is 2.14. The summed E-state index contributed by atoms with van der Waals surface area (Å²) in [6.45, 7) is 9.30. The molecule has 0 aromatic rings. The van der Waals surface area contributed by atoms with E-state index in [2.05, 4.69) is 28.7 Å². The summed E-state index contributed by atoms with van der Waals surface area (Å²) < 4.78 is 5.33. The normalized spacial score (nSPS) is 17.7. The average Bonchev–Trinajstić information content (AvgIpc) is 2.65. The molecule has 0 aliphatic carbocycles. The first kappa shape index (κ1) is 22.2. The van der Waals surface area contributed by atoms with Crippen LogP contribution in [-0.2, 0) is 9.53 Å². The van der Waals surface area contributed by atoms with Gasteiger partial charge in [-0.1, -0.05) is 30.9 Å². The molecule has 6 nitrogen and oxygen atoms in total. The predicted molar refractivity (Wildman–Crippen MR) is 111 cm³/mol. The highest BCUT2D eigenvalue weighted by atomic mass is 32.1. The Labute approximate surface area is 162 Å². The zero-order valence-electron chi connectivity index (χ0n) is 16.1. The number of hydrogen-bond acceptors (Lipinski definition) is 5. The summed E-state index contributed by atoms with van der Waals surface area (Å²) in [5.41, 5.74) is 1.24. The Morgan fingerprint density at radius 3 is 2.58 bits per heavy atom. The lowest BCUT2D eigenvalue weighted by Gasteiger charge is -2.28. The van der Waals surface area contributed by atoms with E-state index in [-0.39, 0.29) is 6.04 Å². The summed E-state index contributed by atoms with van der Waals surface area (Å²) >= 11 is 5.38. The molecule has 1 N–H and O–H groups in total. The number of allylic oxidation sites excluding steroid dienone is 1. The fourth-order valence-electron chi connectivity index (χ4n) is 2.29. The number of ether oxygens (including phenoxy) is 1. The summed E-state index contributed by atoms with van der Waals surface area (Å²) in [5.74, 6) is 0. The zero-order chi connectivity index (χ0) is 19.5. The van der Waals surface area contributed by atoms with Crippen LogP contribution in [0.3, 0.4) is 0 Å². The third kappa shape index (κ3) is 7.19. The molecule has 1 aliphatic heterocycles. The van der Waals surface area contributed by atoms with E-state index in [9.17, 15) is 4.79 Å². The third-order valence-corrected chi connectivity index (χ3v) is 4.69. The van der Waals surface area contributed by atoms with E-state index >= 15 is 0 Å². The SMILES string of the molecule is C=C(C(=S)N/C=C\C(C)N(C)C)/C(=C/C)N=CN(C=O)C1CCOCC1. The molecule has 1 saturated heterocycles. The number of nitrogens with one attached hydrogen (secondary N) is 1. The summed E-state index contributed by atoms with van der Waals surface area (Å²) in [4.78, 5) is 20.0. The summed E-state index contributed by atoms with van der Waals surface area (Å²) in [5, 5.41) is 3.06. The molecule has 1 amide bonds. The monoisotopic (exact) mass is 378 g/mol. The number of nitrogens with zero attached hydrogens (tertiary/aromatic N) is 3. The molecule has 0 bridgehead atoms. The summed E-state index contributed by atoms with van der Waals surface area (Å²) in [6.07, 6.45) is 9.63. The van der Waals surface area contributed by atoms with Crippen molar-refractivity contribution in [2.24, 2.45) is 4.99 Å². The van der Waals surface area contributed by atoms with Gasteiger partial charge in [0.05, 0.1) is 12.0 Å². The molecule has 26 heavy (non-hydrogen) atoms. The van der Waals surface area contributed by atoms with Gasteiger partial charge in [0, 0.05) is 30.9 Å². The molecule has 144 valence electrons. The first-order chi connectivity index (χ1) is 12.4. The van der Waals surface area contributed by atoms with E-state index in [1.807, 2.05) is 39.4 Å². The lowest BCUT2D eigenvalue weighted by molar-refractivity contribution is -0.117. The molecule has 1 rings (SSSR count). The lowest BCUT2D eigenvalue weighted by atomic mass is 10.1. The van der Waals surface area contributed by atoms with Gasteiger partial charge in [0.15, 0.2) is 0 Å². The molecule has 1 atom stereocenters. The number of likely N-dealkylation sites (N-methyl/N-ethyl adjacent to an activating group) is 1. The van der Waals surface area contributed by atoms with Gasteiger partial charge in [-0.05, 0) is 47.0 Å². The maximum atomic E-state index is 11.4. The Bertz CT molecular complexity index is 578. The van der Waals surface area contributed by atoms with Crippen molar-refractivity contribution in [2.45, 2.75) is 38.8 Å². The number of carbonyl (C=O) groups is 1. The van der Waals surface area contributed by atoms with Crippen molar-refractivity contribution in [3.05, 3.63) is 36.2 Å². The summed E-state index contributed by atoms with van der Waals surface area (Å²) in [7, 11) is 4.02. The second-order valence-electron chi connectivity index (χ2n) is 6.33. The summed E-state index contributed by atoms with van der Waals surface area (Å²) in [6, 6.07) is 0.412. The van der Waals surface area contributed by atoms with Crippen LogP contribution in [0.25, 0.3) is 0 Å². The van der Waals surface area contributed by atoms with E-state index in [4.69, 9.17) is 17.0 Å². The largest absolute Gasteiger partial charge is 0.381 e. The topological polar surface area (TPSA) is 57.2 Å². The molecule has 0 radical (unpaired) electrons. The van der Waals surface area contributed by atoms with Crippen LogP contribution in [0.15, 0.2) is 41.2 Å². The number of rotatable bonds is 9. The fraction of sp³-hybridized carbons (Fsp3) is 0.526. The van der Waals surface area contributed by atoms with Crippen LogP contribution in [0.5, 0.6) is 0 Å². The van der Waals surface area contributed by atoms with E-state index in [0.717, 1.165) is 19.3 Å². The van der Waals surface area contributed by atoms with Gasteiger partial charge >= 0.3 is 0 Å². The Balaban J connectivity index is 2.66. The third-order valence-electron chi connectivity index (χ3n) is 4.32. The minimum atomic E-state index is 0.122. The lowest BCUT2D eigenvalue weighted by Crippen LogP contribution is -2.37. The first-order valence-corrected chi connectivity index (χ1v) is 9.15. The van der Waals surface area contributed by atoms with E-state index < -0.39 is 0 Å². The predicted octanol–water partition coefficient (Wildman–Crippen LogP) is 2.49. The van der Waals surface area contributed by atoms with Gasteiger partial charge in [0.1, 0.15) is 4.99 Å². The molecule has 0 aromatic heterocycles. The van der Waals surface area contributed by atoms with Gasteiger partial charge < -0.3 is 19.9 Å². The Morgan fingerprint density at radius 1 is 1.38 bits per heavy atom. The molecule has 1 fully saturated rings. The number of hydrogen-bond donors (Lipinski definition) is 1. The average molecular weight is 379 g/mol. The molecular weight excluding hydrogens is 348 g/mol. The Hall–Kier alpha value is -1.83. The van der Waals surface area contributed by atoms with Crippen LogP contribution in [0.4, 0.5) is 0 Å². The molecule has 0 saturated carbocycles. The number of aliphatic imine (C=N–C) groups is 1.